The molecule has 0 aromatic rings. The minimum Gasteiger partial charge on any atom is -0.460 e. The first-order valence-electron chi connectivity index (χ1n) is 23.0. The molecule has 12 heteroatoms. The smallest absolute Gasteiger partial charge is 0.329 e. The first-order valence-corrected chi connectivity index (χ1v) is 23.0. The standard InChI is InChI=1S/C49H77NO11/c1-30-14-10-9-11-15-31(2)45(59-8)26-38-19-17-36(7)49(58,61-38)29-47(56)50-21-13-12-16-39(50)48(57)60-46(35(6)24-37-18-20-40(51)44(55)25-37)28-43(54)34(5)23-33(4)42(53)27-41(52)32(3)22-30/h9-11,14-15,23,30,32,34-40,42,44-46,51,53,55,58H,12-13,16-22,24-29H2,1-8H3/b11-9+,14-10-,31-15+,33-23+/t30-,32-,34-,35-,36-,37+,38+,39+,40-,42+,44-,45+,46+,49+/m1/s1. The lowest BCUT2D eigenvalue weighted by atomic mass is 9.78. The van der Waals surface area contributed by atoms with E-state index < -0.39 is 54.0 Å². The minimum atomic E-state index is -1.75. The molecule has 3 fully saturated rings. The lowest BCUT2D eigenvalue weighted by molar-refractivity contribution is -0.284. The van der Waals surface area contributed by atoms with Gasteiger partial charge in [0.05, 0.1) is 36.9 Å². The van der Waals surface area contributed by atoms with Crippen LogP contribution in [0.5, 0.6) is 0 Å². The van der Waals surface area contributed by atoms with E-state index in [2.05, 4.69) is 0 Å². The van der Waals surface area contributed by atoms with Crippen molar-refractivity contribution in [3.05, 3.63) is 47.6 Å². The number of aliphatic hydroxyl groups is 4. The van der Waals surface area contributed by atoms with Crippen LogP contribution in [-0.4, -0.2) is 111 Å². The number of ketones is 2. The Kier molecular flexibility index (Phi) is 19.6. The number of nitrogens with zero attached hydrogens (tertiary/aromatic N) is 1. The molecule has 14 atom stereocenters. The highest BCUT2D eigenvalue weighted by Gasteiger charge is 2.46. The maximum atomic E-state index is 14.2. The first-order chi connectivity index (χ1) is 28.8. The van der Waals surface area contributed by atoms with E-state index in [9.17, 15) is 39.6 Å². The minimum absolute atomic E-state index is 0.0520. The third kappa shape index (κ3) is 14.8. The average Bonchev–Trinajstić information content (AvgIpc) is 3.21. The molecule has 2 bridgehead atoms. The van der Waals surface area contributed by atoms with Gasteiger partial charge < -0.3 is 39.5 Å². The molecular weight excluding hydrogens is 779 g/mol. The van der Waals surface area contributed by atoms with Gasteiger partial charge in [-0.1, -0.05) is 71.1 Å². The van der Waals surface area contributed by atoms with Crippen LogP contribution in [0.2, 0.25) is 0 Å². The average molecular weight is 856 g/mol. The van der Waals surface area contributed by atoms with E-state index in [0.717, 1.165) is 5.57 Å². The summed E-state index contributed by atoms with van der Waals surface area (Å²) in [6.07, 6.45) is 13.1. The zero-order chi connectivity index (χ0) is 45.0. The number of esters is 1. The summed E-state index contributed by atoms with van der Waals surface area (Å²) >= 11 is 0. The van der Waals surface area contributed by atoms with Gasteiger partial charge >= 0.3 is 5.97 Å². The number of rotatable bonds is 4. The fourth-order valence-corrected chi connectivity index (χ4v) is 9.64. The molecule has 2 saturated heterocycles. The first kappa shape index (κ1) is 50.6. The van der Waals surface area contributed by atoms with Gasteiger partial charge in [-0.2, -0.15) is 0 Å². The number of piperidine rings is 1. The van der Waals surface area contributed by atoms with Gasteiger partial charge in [0.25, 0.3) is 0 Å². The van der Waals surface area contributed by atoms with E-state index in [-0.39, 0.29) is 72.6 Å². The van der Waals surface area contributed by atoms with Gasteiger partial charge in [0.15, 0.2) is 5.79 Å². The number of Topliss-reactive ketones (excluding diaryl/α,β-unsaturated/α-hetero) is 2. The van der Waals surface area contributed by atoms with Crippen LogP contribution in [0, 0.1) is 35.5 Å². The number of carbonyl (C=O) groups is 4. The van der Waals surface area contributed by atoms with Gasteiger partial charge in [-0.15, -0.1) is 0 Å². The van der Waals surface area contributed by atoms with Crippen molar-refractivity contribution >= 4 is 23.4 Å². The van der Waals surface area contributed by atoms with Crippen LogP contribution in [0.1, 0.15) is 138 Å². The van der Waals surface area contributed by atoms with Gasteiger partial charge in [-0.3, -0.25) is 14.4 Å². The van der Waals surface area contributed by atoms with Gasteiger partial charge in [0.2, 0.25) is 5.91 Å². The second-order valence-electron chi connectivity index (χ2n) is 19.2. The summed E-state index contributed by atoms with van der Waals surface area (Å²) in [5.74, 6) is -4.41. The van der Waals surface area contributed by atoms with Crippen molar-refractivity contribution < 1.29 is 53.8 Å². The molecule has 0 radical (unpaired) electrons. The normalized spacial score (nSPS) is 41.0. The molecule has 61 heavy (non-hydrogen) atoms. The van der Waals surface area contributed by atoms with Gasteiger partial charge in [0.1, 0.15) is 23.7 Å². The van der Waals surface area contributed by atoms with E-state index >= 15 is 0 Å². The van der Waals surface area contributed by atoms with Gasteiger partial charge in [0, 0.05) is 50.7 Å². The maximum Gasteiger partial charge on any atom is 0.329 e. The molecule has 0 aromatic carbocycles. The third-order valence-corrected chi connectivity index (χ3v) is 14.0. The Morgan fingerprint density at radius 2 is 1.59 bits per heavy atom. The molecule has 4 rings (SSSR count). The lowest BCUT2D eigenvalue weighted by Crippen LogP contribution is -2.55. The number of allylic oxidation sites excluding steroid dienone is 6. The van der Waals surface area contributed by atoms with Crippen LogP contribution in [-0.2, 0) is 33.4 Å². The summed E-state index contributed by atoms with van der Waals surface area (Å²) in [6, 6.07) is -0.904. The monoisotopic (exact) mass is 856 g/mol. The summed E-state index contributed by atoms with van der Waals surface area (Å²) in [4.78, 5) is 57.1. The highest BCUT2D eigenvalue weighted by Crippen LogP contribution is 2.38. The Balaban J connectivity index is 1.63. The molecule has 0 aromatic heterocycles. The Morgan fingerprint density at radius 3 is 2.30 bits per heavy atom. The number of cyclic esters (lactones) is 1. The highest BCUT2D eigenvalue weighted by molar-refractivity contribution is 5.86. The maximum absolute atomic E-state index is 14.2. The number of hydrogen-bond donors (Lipinski definition) is 4. The summed E-state index contributed by atoms with van der Waals surface area (Å²) < 4.78 is 18.5. The number of ether oxygens (including phenoxy) is 3. The Hall–Kier alpha value is -3.00. The molecule has 0 spiro atoms. The van der Waals surface area contributed by atoms with Crippen molar-refractivity contribution in [2.45, 2.75) is 187 Å². The molecular formula is C49H77NO11. The Bertz CT molecular complexity index is 1600. The molecule has 3 heterocycles. The van der Waals surface area contributed by atoms with Crippen LogP contribution in [0.15, 0.2) is 47.6 Å². The summed E-state index contributed by atoms with van der Waals surface area (Å²) in [6.45, 7) is 13.5. The quantitative estimate of drug-likeness (QED) is 0.174. The van der Waals surface area contributed by atoms with E-state index in [0.29, 0.717) is 82.7 Å². The van der Waals surface area contributed by atoms with Crippen LogP contribution in [0.3, 0.4) is 0 Å². The molecule has 4 aliphatic rings. The van der Waals surface area contributed by atoms with E-state index in [4.69, 9.17) is 14.2 Å². The topological polar surface area (TPSA) is 180 Å². The number of fused-ring (bicyclic) bond motifs is 3. The number of amides is 1. The van der Waals surface area contributed by atoms with E-state index in [1.165, 1.54) is 4.90 Å². The third-order valence-electron chi connectivity index (χ3n) is 14.0. The van der Waals surface area contributed by atoms with E-state index in [1.54, 1.807) is 27.0 Å². The fraction of sp³-hybridized carbons (Fsp3) is 0.755. The van der Waals surface area contributed by atoms with Crippen LogP contribution < -0.4 is 0 Å². The Morgan fingerprint density at radius 1 is 0.852 bits per heavy atom. The molecule has 4 N–H and O–H groups in total. The molecule has 1 aliphatic carbocycles. The van der Waals surface area contributed by atoms with Crippen LogP contribution in [0.25, 0.3) is 0 Å². The number of hydrogen-bond acceptors (Lipinski definition) is 11. The molecule has 3 aliphatic heterocycles. The summed E-state index contributed by atoms with van der Waals surface area (Å²) in [5.41, 5.74) is 1.49. The molecule has 1 amide bonds. The van der Waals surface area contributed by atoms with Crippen molar-refractivity contribution in [1.82, 2.24) is 4.90 Å². The SMILES string of the molecule is CO[C@H]1C[C@@H]2CC[C@@H](C)[C@](O)(CC(=O)N3CCCC[C@H]3C(=O)O[C@H]([C@H](C)C[C@@H]3CC[C@@H](O)[C@H](O)C3)CC(=O)[C@H](C)/C=C(\C)[C@@H](O)CC(=O)[C@H](C)C[C@H](C)\C=C/C=C/C=C/1C)O2. The number of methoxy groups -OCH3 is 1. The fourth-order valence-electron chi connectivity index (χ4n) is 9.64. The van der Waals surface area contributed by atoms with Crippen molar-refractivity contribution in [3.8, 4) is 0 Å². The molecule has 1 saturated carbocycles. The van der Waals surface area contributed by atoms with Crippen molar-refractivity contribution in [2.24, 2.45) is 35.5 Å². The van der Waals surface area contributed by atoms with Crippen molar-refractivity contribution in [2.75, 3.05) is 13.7 Å². The molecule has 0 unspecified atom stereocenters. The van der Waals surface area contributed by atoms with Gasteiger partial charge in [-0.05, 0) is 107 Å². The van der Waals surface area contributed by atoms with Crippen LogP contribution in [0.4, 0.5) is 0 Å². The summed E-state index contributed by atoms with van der Waals surface area (Å²) in [5, 5.41) is 43.6. The second kappa shape index (κ2) is 23.6. The highest BCUT2D eigenvalue weighted by atomic mass is 16.6. The zero-order valence-electron chi connectivity index (χ0n) is 38.2. The van der Waals surface area contributed by atoms with Gasteiger partial charge in [-0.25, -0.2) is 4.79 Å². The number of carbonyl (C=O) groups excluding carboxylic acids is 4. The van der Waals surface area contributed by atoms with E-state index in [1.807, 2.05) is 65.0 Å². The summed E-state index contributed by atoms with van der Waals surface area (Å²) in [7, 11) is 1.64. The van der Waals surface area contributed by atoms with Crippen molar-refractivity contribution in [3.63, 3.8) is 0 Å². The molecule has 344 valence electrons. The zero-order valence-corrected chi connectivity index (χ0v) is 38.2. The lowest BCUT2D eigenvalue weighted by Gasteiger charge is -2.44. The van der Waals surface area contributed by atoms with Crippen molar-refractivity contribution in [1.29, 1.82) is 0 Å². The number of aliphatic hydroxyl groups excluding tert-OH is 3. The molecule has 12 nitrogen and oxygen atoms in total. The van der Waals surface area contributed by atoms with Crippen LogP contribution >= 0.6 is 0 Å². The predicted octanol–water partition coefficient (Wildman–Crippen LogP) is 6.72. The Labute approximate surface area is 364 Å². The largest absolute Gasteiger partial charge is 0.460 e. The second-order valence-corrected chi connectivity index (χ2v) is 19.2. The predicted molar refractivity (Wildman–Crippen MR) is 234 cm³/mol.